The summed E-state index contributed by atoms with van der Waals surface area (Å²) in [4.78, 5) is 13.9. The second kappa shape index (κ2) is 10.2. The second-order valence-corrected chi connectivity index (χ2v) is 5.07. The molecule has 6 heteroatoms. The molecule has 1 amide bonds. The summed E-state index contributed by atoms with van der Waals surface area (Å²) < 4.78 is 5.19. The van der Waals surface area contributed by atoms with Gasteiger partial charge >= 0.3 is 0 Å². The number of hydrogen-bond donors (Lipinski definition) is 2. The monoisotopic (exact) mass is 316 g/mol. The van der Waals surface area contributed by atoms with Crippen LogP contribution in [0.3, 0.4) is 0 Å². The molecule has 0 atom stereocenters. The van der Waals surface area contributed by atoms with Crippen molar-refractivity contribution in [3.05, 3.63) is 36.0 Å². The van der Waals surface area contributed by atoms with Crippen LogP contribution in [-0.4, -0.2) is 39.8 Å². The lowest BCUT2D eigenvalue weighted by atomic mass is 10.2. The Hall–Kier alpha value is -2.52. The van der Waals surface area contributed by atoms with Gasteiger partial charge in [0, 0.05) is 51.4 Å². The molecule has 1 aromatic rings. The van der Waals surface area contributed by atoms with Gasteiger partial charge in [0.05, 0.1) is 0 Å². The van der Waals surface area contributed by atoms with Crippen LogP contribution in [0, 0.1) is 11.3 Å². The molecule has 1 aromatic carbocycles. The topological polar surface area (TPSA) is 77.4 Å². The minimum absolute atomic E-state index is 0.0386. The lowest BCUT2D eigenvalue weighted by Crippen LogP contribution is -2.26. The first-order valence-electron chi connectivity index (χ1n) is 7.58. The van der Waals surface area contributed by atoms with E-state index in [2.05, 4.69) is 10.6 Å². The molecular formula is C17H24N4O2. The van der Waals surface area contributed by atoms with E-state index in [1.807, 2.05) is 56.3 Å². The van der Waals surface area contributed by atoms with Crippen molar-refractivity contribution in [2.45, 2.75) is 13.3 Å². The highest BCUT2D eigenvalue weighted by Gasteiger charge is 2.07. The number of nitrogens with zero attached hydrogens (tertiary/aromatic N) is 2. The van der Waals surface area contributed by atoms with E-state index in [1.165, 1.54) is 6.20 Å². The summed E-state index contributed by atoms with van der Waals surface area (Å²) in [6, 6.07) is 9.60. The highest BCUT2D eigenvalue weighted by atomic mass is 16.5. The molecule has 0 aliphatic carbocycles. The number of benzene rings is 1. The molecule has 0 bridgehead atoms. The first kappa shape index (κ1) is 18.5. The molecule has 0 radical (unpaired) electrons. The summed E-state index contributed by atoms with van der Waals surface area (Å²) in [5, 5.41) is 14.8. The van der Waals surface area contributed by atoms with Gasteiger partial charge in [-0.15, -0.1) is 0 Å². The molecule has 0 aliphatic rings. The van der Waals surface area contributed by atoms with Crippen molar-refractivity contribution in [3.8, 4) is 6.07 Å². The van der Waals surface area contributed by atoms with Crippen LogP contribution in [-0.2, 0) is 9.53 Å². The van der Waals surface area contributed by atoms with Gasteiger partial charge in [0.15, 0.2) is 0 Å². The Morgan fingerprint density at radius 2 is 2.22 bits per heavy atom. The Labute approximate surface area is 137 Å². The smallest absolute Gasteiger partial charge is 0.263 e. The normalized spacial score (nSPS) is 10.8. The zero-order valence-corrected chi connectivity index (χ0v) is 13.9. The lowest BCUT2D eigenvalue weighted by molar-refractivity contribution is -0.117. The number of ether oxygens (including phenoxy) is 1. The van der Waals surface area contributed by atoms with E-state index < -0.39 is 0 Å². The maximum atomic E-state index is 11.9. The van der Waals surface area contributed by atoms with E-state index in [1.54, 1.807) is 0 Å². The maximum absolute atomic E-state index is 11.9. The van der Waals surface area contributed by atoms with Crippen molar-refractivity contribution in [2.24, 2.45) is 0 Å². The average Bonchev–Trinajstić information content (AvgIpc) is 2.55. The molecule has 6 nitrogen and oxygen atoms in total. The largest absolute Gasteiger partial charge is 0.382 e. The molecule has 0 spiro atoms. The Kier molecular flexibility index (Phi) is 8.25. The third-order valence-electron chi connectivity index (χ3n) is 3.07. The van der Waals surface area contributed by atoms with Gasteiger partial charge in [-0.3, -0.25) is 4.79 Å². The third kappa shape index (κ3) is 6.85. The van der Waals surface area contributed by atoms with E-state index in [-0.39, 0.29) is 11.5 Å². The van der Waals surface area contributed by atoms with Gasteiger partial charge in [0.25, 0.3) is 5.91 Å². The number of nitriles is 1. The fourth-order valence-corrected chi connectivity index (χ4v) is 1.79. The van der Waals surface area contributed by atoms with Crippen molar-refractivity contribution in [2.75, 3.05) is 44.1 Å². The molecule has 0 heterocycles. The number of carbonyl (C=O) groups is 1. The van der Waals surface area contributed by atoms with Gasteiger partial charge < -0.3 is 20.3 Å². The predicted molar refractivity (Wildman–Crippen MR) is 92.2 cm³/mol. The number of amides is 1. The van der Waals surface area contributed by atoms with Crippen molar-refractivity contribution < 1.29 is 9.53 Å². The maximum Gasteiger partial charge on any atom is 0.263 e. The summed E-state index contributed by atoms with van der Waals surface area (Å²) in [7, 11) is 3.90. The molecule has 0 saturated carbocycles. The predicted octanol–water partition coefficient (Wildman–Crippen LogP) is 2.11. The van der Waals surface area contributed by atoms with Crippen LogP contribution >= 0.6 is 0 Å². The van der Waals surface area contributed by atoms with Gasteiger partial charge in [-0.1, -0.05) is 6.07 Å². The number of rotatable bonds is 9. The summed E-state index contributed by atoms with van der Waals surface area (Å²) >= 11 is 0. The molecule has 0 aliphatic heterocycles. The van der Waals surface area contributed by atoms with E-state index in [0.29, 0.717) is 19.8 Å². The molecule has 0 saturated heterocycles. The van der Waals surface area contributed by atoms with Crippen LogP contribution in [0.5, 0.6) is 0 Å². The summed E-state index contributed by atoms with van der Waals surface area (Å²) in [5.41, 5.74) is 1.88. The van der Waals surface area contributed by atoms with E-state index >= 15 is 0 Å². The van der Waals surface area contributed by atoms with E-state index in [0.717, 1.165) is 17.8 Å². The molecule has 124 valence electrons. The number of hydrogen-bond acceptors (Lipinski definition) is 5. The Morgan fingerprint density at radius 3 is 2.87 bits per heavy atom. The van der Waals surface area contributed by atoms with Gasteiger partial charge in [0.2, 0.25) is 0 Å². The minimum Gasteiger partial charge on any atom is -0.382 e. The molecule has 0 aromatic heterocycles. The Morgan fingerprint density at radius 1 is 1.43 bits per heavy atom. The summed E-state index contributed by atoms with van der Waals surface area (Å²) in [6.07, 6.45) is 2.14. The first-order chi connectivity index (χ1) is 11.1. The van der Waals surface area contributed by atoms with Crippen LogP contribution in [0.1, 0.15) is 13.3 Å². The zero-order chi connectivity index (χ0) is 17.1. The fourth-order valence-electron chi connectivity index (χ4n) is 1.79. The van der Waals surface area contributed by atoms with Crippen molar-refractivity contribution >= 4 is 17.3 Å². The fraction of sp³-hybridized carbons (Fsp3) is 0.412. The first-order valence-corrected chi connectivity index (χ1v) is 7.58. The molecule has 2 N–H and O–H groups in total. The van der Waals surface area contributed by atoms with Crippen molar-refractivity contribution in [1.82, 2.24) is 5.32 Å². The summed E-state index contributed by atoms with van der Waals surface area (Å²) in [5.74, 6) is -0.389. The Bertz CT molecular complexity index is 576. The van der Waals surface area contributed by atoms with Gasteiger partial charge in [0.1, 0.15) is 11.6 Å². The number of anilines is 2. The molecule has 1 rings (SSSR count). The van der Waals surface area contributed by atoms with Crippen LogP contribution in [0.15, 0.2) is 36.0 Å². The van der Waals surface area contributed by atoms with Gasteiger partial charge in [-0.05, 0) is 31.5 Å². The van der Waals surface area contributed by atoms with Crippen molar-refractivity contribution in [1.29, 1.82) is 5.26 Å². The molecular weight excluding hydrogens is 292 g/mol. The quantitative estimate of drug-likeness (QED) is 0.414. The zero-order valence-electron chi connectivity index (χ0n) is 13.9. The van der Waals surface area contributed by atoms with Crippen LogP contribution in [0.2, 0.25) is 0 Å². The number of carbonyl (C=O) groups excluding carboxylic acids is 1. The lowest BCUT2D eigenvalue weighted by Gasteiger charge is -2.13. The highest BCUT2D eigenvalue weighted by Crippen LogP contribution is 2.17. The summed E-state index contributed by atoms with van der Waals surface area (Å²) in [6.45, 7) is 3.66. The minimum atomic E-state index is -0.389. The van der Waals surface area contributed by atoms with Gasteiger partial charge in [-0.25, -0.2) is 0 Å². The van der Waals surface area contributed by atoms with Crippen LogP contribution in [0.4, 0.5) is 11.4 Å². The van der Waals surface area contributed by atoms with Gasteiger partial charge in [-0.2, -0.15) is 5.26 Å². The Balaban J connectivity index is 2.56. The van der Waals surface area contributed by atoms with E-state index in [9.17, 15) is 4.79 Å². The number of nitrogens with one attached hydrogen (secondary N) is 2. The van der Waals surface area contributed by atoms with Crippen LogP contribution < -0.4 is 15.5 Å². The second-order valence-electron chi connectivity index (χ2n) is 5.07. The molecule has 23 heavy (non-hydrogen) atoms. The highest BCUT2D eigenvalue weighted by molar-refractivity contribution is 5.97. The molecule has 0 fully saturated rings. The third-order valence-corrected chi connectivity index (χ3v) is 3.07. The van der Waals surface area contributed by atoms with E-state index in [4.69, 9.17) is 10.00 Å². The average molecular weight is 316 g/mol. The standard InChI is InChI=1S/C17H24N4O2/c1-4-23-10-6-9-19-17(22)14(12-18)13-20-15-7-5-8-16(11-15)21(2)3/h5,7-8,11,13,20H,4,6,9-10H2,1-3H3,(H,19,22)/b14-13-. The van der Waals surface area contributed by atoms with Crippen molar-refractivity contribution in [3.63, 3.8) is 0 Å². The molecule has 0 unspecified atom stereocenters. The van der Waals surface area contributed by atoms with Crippen LogP contribution in [0.25, 0.3) is 0 Å². The SMILES string of the molecule is CCOCCCNC(=O)/C(C#N)=C\Nc1cccc(N(C)C)c1.